The first kappa shape index (κ1) is 11.9. The van der Waals surface area contributed by atoms with Crippen molar-refractivity contribution in [2.24, 2.45) is 0 Å². The molecule has 0 aromatic carbocycles. The maximum absolute atomic E-state index is 5.06. The van der Waals surface area contributed by atoms with Gasteiger partial charge >= 0.3 is 0 Å². The highest BCUT2D eigenvalue weighted by Crippen LogP contribution is 1.98. The van der Waals surface area contributed by atoms with Gasteiger partial charge in [-0.1, -0.05) is 26.8 Å². The fourth-order valence-electron chi connectivity index (χ4n) is 0.650. The Balaban J connectivity index is 0.000000671. The molecule has 0 atom stereocenters. The average Bonchev–Trinajstić information content (AvgIpc) is 2.23. The van der Waals surface area contributed by atoms with Crippen molar-refractivity contribution in [1.82, 2.24) is 4.98 Å². The third-order valence-corrected chi connectivity index (χ3v) is 1.15. The monoisotopic (exact) mass is 182 g/mol. The van der Waals surface area contributed by atoms with Crippen LogP contribution in [0.25, 0.3) is 0 Å². The van der Waals surface area contributed by atoms with Crippen molar-refractivity contribution in [3.63, 3.8) is 0 Å². The van der Waals surface area contributed by atoms with Crippen molar-refractivity contribution in [1.29, 1.82) is 0 Å². The average molecular weight is 182 g/mol. The fourth-order valence-corrected chi connectivity index (χ4v) is 0.650. The van der Waals surface area contributed by atoms with E-state index in [1.807, 2.05) is 32.0 Å². The van der Waals surface area contributed by atoms with Gasteiger partial charge in [0.1, 0.15) is 5.82 Å². The fraction of sp³-hybridized carbons (Fsp3) is 0.500. The van der Waals surface area contributed by atoms with Crippen LogP contribution < -0.4 is 5.48 Å². The molecule has 1 rings (SSSR count). The first-order chi connectivity index (χ1) is 6.43. The first-order valence-corrected chi connectivity index (χ1v) is 4.72. The Morgan fingerprint density at radius 1 is 1.38 bits per heavy atom. The van der Waals surface area contributed by atoms with Crippen molar-refractivity contribution in [2.75, 3.05) is 12.1 Å². The van der Waals surface area contributed by atoms with Crippen LogP contribution in [0.2, 0.25) is 0 Å². The molecule has 0 amide bonds. The molecule has 0 aliphatic heterocycles. The predicted octanol–water partition coefficient (Wildman–Crippen LogP) is 2.86. The van der Waals surface area contributed by atoms with E-state index in [-0.39, 0.29) is 0 Å². The van der Waals surface area contributed by atoms with Gasteiger partial charge in [0.05, 0.1) is 6.61 Å². The molecule has 1 aromatic heterocycles. The Morgan fingerprint density at radius 2 is 2.15 bits per heavy atom. The van der Waals surface area contributed by atoms with E-state index < -0.39 is 0 Å². The number of hydrogen-bond acceptors (Lipinski definition) is 3. The van der Waals surface area contributed by atoms with Crippen LogP contribution in [0, 0.1) is 0 Å². The van der Waals surface area contributed by atoms with Crippen LogP contribution >= 0.6 is 0 Å². The second-order valence-corrected chi connectivity index (χ2v) is 2.17. The van der Waals surface area contributed by atoms with Gasteiger partial charge in [0.25, 0.3) is 0 Å². The summed E-state index contributed by atoms with van der Waals surface area (Å²) in [5, 5.41) is 0. The third-order valence-electron chi connectivity index (χ3n) is 1.15. The van der Waals surface area contributed by atoms with Crippen LogP contribution in [-0.4, -0.2) is 11.6 Å². The Labute approximate surface area is 80.1 Å². The lowest BCUT2D eigenvalue weighted by Gasteiger charge is -2.02. The lowest BCUT2D eigenvalue weighted by molar-refractivity contribution is 0.193. The van der Waals surface area contributed by atoms with Crippen LogP contribution in [0.3, 0.4) is 0 Å². The molecule has 1 heterocycles. The lowest BCUT2D eigenvalue weighted by Crippen LogP contribution is -2.02. The molecule has 0 aliphatic carbocycles. The zero-order valence-corrected chi connectivity index (χ0v) is 8.58. The van der Waals surface area contributed by atoms with Gasteiger partial charge in [-0.2, -0.15) is 0 Å². The van der Waals surface area contributed by atoms with Crippen LogP contribution in [0.5, 0.6) is 0 Å². The highest BCUT2D eigenvalue weighted by Gasteiger charge is 1.87. The second-order valence-electron chi connectivity index (χ2n) is 2.17. The molecule has 0 radical (unpaired) electrons. The summed E-state index contributed by atoms with van der Waals surface area (Å²) < 4.78 is 0. The molecule has 0 spiro atoms. The minimum Gasteiger partial charge on any atom is -0.275 e. The van der Waals surface area contributed by atoms with E-state index in [0.717, 1.165) is 12.2 Å². The molecular weight excluding hydrogens is 164 g/mol. The van der Waals surface area contributed by atoms with Crippen LogP contribution in [0.4, 0.5) is 5.82 Å². The van der Waals surface area contributed by atoms with E-state index in [1.165, 1.54) is 0 Å². The van der Waals surface area contributed by atoms with Crippen molar-refractivity contribution >= 4 is 5.82 Å². The quantitative estimate of drug-likeness (QED) is 0.574. The zero-order chi connectivity index (χ0) is 9.94. The Hall–Kier alpha value is -1.09. The maximum atomic E-state index is 5.06. The SMILES string of the molecule is CC.CCCONc1ccccn1. The minimum atomic E-state index is 0.705. The predicted molar refractivity (Wildman–Crippen MR) is 55.5 cm³/mol. The molecule has 0 aliphatic rings. The van der Waals surface area contributed by atoms with Gasteiger partial charge in [-0.3, -0.25) is 4.84 Å². The van der Waals surface area contributed by atoms with E-state index >= 15 is 0 Å². The number of rotatable bonds is 4. The van der Waals surface area contributed by atoms with Crippen LogP contribution in [0.15, 0.2) is 24.4 Å². The third kappa shape index (κ3) is 6.11. The smallest absolute Gasteiger partial charge is 0.149 e. The van der Waals surface area contributed by atoms with Gasteiger partial charge in [-0.05, 0) is 18.6 Å². The standard InChI is InChI=1S/C8H12N2O.C2H6/c1-2-7-11-10-8-5-3-4-6-9-8;1-2/h3-6H,2,7H2,1H3,(H,9,10);1-2H3. The topological polar surface area (TPSA) is 34.1 Å². The zero-order valence-electron chi connectivity index (χ0n) is 8.58. The normalized spacial score (nSPS) is 8.54. The van der Waals surface area contributed by atoms with Gasteiger partial charge in [-0.25, -0.2) is 10.5 Å². The summed E-state index contributed by atoms with van der Waals surface area (Å²) in [6, 6.07) is 5.63. The van der Waals surface area contributed by atoms with Gasteiger partial charge in [0, 0.05) is 6.20 Å². The molecule has 0 unspecified atom stereocenters. The summed E-state index contributed by atoms with van der Waals surface area (Å²) in [6.45, 7) is 6.76. The van der Waals surface area contributed by atoms with Crippen molar-refractivity contribution in [3.05, 3.63) is 24.4 Å². The highest BCUT2D eigenvalue weighted by molar-refractivity contribution is 5.29. The molecular formula is C10H18N2O. The van der Waals surface area contributed by atoms with Crippen LogP contribution in [0.1, 0.15) is 27.2 Å². The molecule has 0 saturated carbocycles. The number of hydrogen-bond donors (Lipinski definition) is 1. The molecule has 0 bridgehead atoms. The largest absolute Gasteiger partial charge is 0.275 e. The summed E-state index contributed by atoms with van der Waals surface area (Å²) in [6.07, 6.45) is 2.72. The van der Waals surface area contributed by atoms with Gasteiger partial charge in [0.15, 0.2) is 0 Å². The maximum Gasteiger partial charge on any atom is 0.149 e. The summed E-state index contributed by atoms with van der Waals surface area (Å²) in [5.41, 5.74) is 2.73. The Bertz CT molecular complexity index is 189. The van der Waals surface area contributed by atoms with Crippen LogP contribution in [-0.2, 0) is 4.84 Å². The van der Waals surface area contributed by atoms with Gasteiger partial charge in [-0.15, -0.1) is 0 Å². The number of aromatic nitrogens is 1. The molecule has 0 fully saturated rings. The van der Waals surface area contributed by atoms with E-state index in [9.17, 15) is 0 Å². The summed E-state index contributed by atoms with van der Waals surface area (Å²) in [7, 11) is 0. The summed E-state index contributed by atoms with van der Waals surface area (Å²) in [5.74, 6) is 0.751. The number of anilines is 1. The van der Waals surface area contributed by atoms with Crippen molar-refractivity contribution in [2.45, 2.75) is 27.2 Å². The first-order valence-electron chi connectivity index (χ1n) is 4.72. The van der Waals surface area contributed by atoms with Crippen molar-refractivity contribution < 1.29 is 4.84 Å². The van der Waals surface area contributed by atoms with Gasteiger partial charge in [0.2, 0.25) is 0 Å². The second kappa shape index (κ2) is 9.00. The number of nitrogens with one attached hydrogen (secondary N) is 1. The summed E-state index contributed by atoms with van der Waals surface area (Å²) >= 11 is 0. The Morgan fingerprint density at radius 3 is 2.69 bits per heavy atom. The molecule has 1 aromatic rings. The molecule has 13 heavy (non-hydrogen) atoms. The Kier molecular flexibility index (Phi) is 8.25. The molecule has 1 N–H and O–H groups in total. The van der Waals surface area contributed by atoms with E-state index in [2.05, 4.69) is 17.4 Å². The highest BCUT2D eigenvalue weighted by atomic mass is 16.6. The summed E-state index contributed by atoms with van der Waals surface area (Å²) in [4.78, 5) is 9.07. The molecule has 3 heteroatoms. The molecule has 3 nitrogen and oxygen atoms in total. The van der Waals surface area contributed by atoms with E-state index in [4.69, 9.17) is 4.84 Å². The van der Waals surface area contributed by atoms with Crippen molar-refractivity contribution in [3.8, 4) is 0 Å². The van der Waals surface area contributed by atoms with E-state index in [1.54, 1.807) is 6.20 Å². The minimum absolute atomic E-state index is 0.705. The number of pyridine rings is 1. The number of nitrogens with zero attached hydrogens (tertiary/aromatic N) is 1. The van der Waals surface area contributed by atoms with Gasteiger partial charge < -0.3 is 0 Å². The molecule has 74 valence electrons. The molecule has 0 saturated heterocycles. The lowest BCUT2D eigenvalue weighted by atomic mass is 10.5. The van der Waals surface area contributed by atoms with E-state index in [0.29, 0.717) is 6.61 Å².